The fourth-order valence-electron chi connectivity index (χ4n) is 3.85. The molecule has 6 heteroatoms. The van der Waals surface area contributed by atoms with Crippen LogP contribution in [-0.2, 0) is 9.59 Å². The number of aryl methyl sites for hydroxylation is 3. The Balaban J connectivity index is 1.85. The average Bonchev–Trinajstić information content (AvgIpc) is 3.00. The van der Waals surface area contributed by atoms with Gasteiger partial charge in [0.05, 0.1) is 18.4 Å². The van der Waals surface area contributed by atoms with E-state index in [-0.39, 0.29) is 5.70 Å². The van der Waals surface area contributed by atoms with Crippen molar-refractivity contribution in [2.75, 3.05) is 17.3 Å². The first-order valence-electron chi connectivity index (χ1n) is 10.2. The van der Waals surface area contributed by atoms with E-state index in [0.717, 1.165) is 22.4 Å². The average molecular weight is 447 g/mol. The third-order valence-electron chi connectivity index (χ3n) is 5.50. The molecule has 0 spiro atoms. The van der Waals surface area contributed by atoms with Crippen LogP contribution in [0.15, 0.2) is 66.4 Å². The van der Waals surface area contributed by atoms with Crippen LogP contribution < -0.4 is 15.0 Å². The Kier molecular flexibility index (Phi) is 5.76. The second kappa shape index (κ2) is 8.52. The lowest BCUT2D eigenvalue weighted by Crippen LogP contribution is -2.33. The highest BCUT2D eigenvalue weighted by Crippen LogP contribution is 2.36. The molecule has 0 bridgehead atoms. The third kappa shape index (κ3) is 3.87. The van der Waals surface area contributed by atoms with Gasteiger partial charge in [0.15, 0.2) is 0 Å². The molecule has 0 radical (unpaired) electrons. The van der Waals surface area contributed by atoms with E-state index in [2.05, 4.69) is 5.32 Å². The molecule has 3 aromatic rings. The van der Waals surface area contributed by atoms with Gasteiger partial charge in [0.25, 0.3) is 11.8 Å². The second-order valence-electron chi connectivity index (χ2n) is 7.80. The maximum atomic E-state index is 13.6. The van der Waals surface area contributed by atoms with Gasteiger partial charge in [-0.05, 0) is 73.9 Å². The first-order valence-corrected chi connectivity index (χ1v) is 10.6. The fourth-order valence-corrected chi connectivity index (χ4v) is 4.07. The number of imide groups is 1. The summed E-state index contributed by atoms with van der Waals surface area (Å²) in [6, 6.07) is 18.1. The zero-order valence-electron chi connectivity index (χ0n) is 18.3. The van der Waals surface area contributed by atoms with Gasteiger partial charge in [-0.1, -0.05) is 41.4 Å². The summed E-state index contributed by atoms with van der Waals surface area (Å²) in [4.78, 5) is 28.4. The van der Waals surface area contributed by atoms with Crippen molar-refractivity contribution < 1.29 is 14.3 Å². The van der Waals surface area contributed by atoms with Crippen molar-refractivity contribution in [3.63, 3.8) is 0 Å². The van der Waals surface area contributed by atoms with Crippen LogP contribution >= 0.6 is 11.6 Å². The molecule has 3 aromatic carbocycles. The molecule has 162 valence electrons. The zero-order valence-corrected chi connectivity index (χ0v) is 19.1. The molecule has 0 saturated heterocycles. The Morgan fingerprint density at radius 3 is 2.19 bits per heavy atom. The topological polar surface area (TPSA) is 58.6 Å². The van der Waals surface area contributed by atoms with Crippen molar-refractivity contribution >= 4 is 40.4 Å². The molecule has 1 N–H and O–H groups in total. The molecule has 0 aromatic heterocycles. The highest BCUT2D eigenvalue weighted by molar-refractivity contribution is 6.46. The van der Waals surface area contributed by atoms with Crippen molar-refractivity contribution in [1.82, 2.24) is 0 Å². The lowest BCUT2D eigenvalue weighted by molar-refractivity contribution is -0.120. The van der Waals surface area contributed by atoms with E-state index < -0.39 is 11.8 Å². The van der Waals surface area contributed by atoms with Crippen molar-refractivity contribution in [3.05, 3.63) is 93.6 Å². The number of methoxy groups -OCH3 is 1. The Labute approximate surface area is 192 Å². The fraction of sp³-hybridized carbons (Fsp3) is 0.154. The lowest BCUT2D eigenvalue weighted by Gasteiger charge is -2.18. The van der Waals surface area contributed by atoms with Crippen LogP contribution in [0.4, 0.5) is 11.4 Å². The molecule has 4 rings (SSSR count). The van der Waals surface area contributed by atoms with E-state index in [0.29, 0.717) is 27.6 Å². The van der Waals surface area contributed by atoms with Crippen molar-refractivity contribution in [2.24, 2.45) is 0 Å². The molecular weight excluding hydrogens is 424 g/mol. The number of ether oxygens (including phenoxy) is 1. The predicted octanol–water partition coefficient (Wildman–Crippen LogP) is 5.67. The minimum absolute atomic E-state index is 0.237. The number of hydrogen-bond donors (Lipinski definition) is 1. The Morgan fingerprint density at radius 1 is 0.844 bits per heavy atom. The van der Waals surface area contributed by atoms with E-state index >= 15 is 0 Å². The van der Waals surface area contributed by atoms with Crippen LogP contribution in [0.3, 0.4) is 0 Å². The summed E-state index contributed by atoms with van der Waals surface area (Å²) in [6.45, 7) is 5.80. The van der Waals surface area contributed by atoms with Crippen LogP contribution in [0, 0.1) is 20.8 Å². The molecule has 0 saturated carbocycles. The zero-order chi connectivity index (χ0) is 23.0. The highest BCUT2D eigenvalue weighted by Gasteiger charge is 2.41. The monoisotopic (exact) mass is 446 g/mol. The van der Waals surface area contributed by atoms with E-state index in [4.69, 9.17) is 16.3 Å². The number of halogens is 1. The van der Waals surface area contributed by atoms with Gasteiger partial charge in [-0.15, -0.1) is 0 Å². The largest absolute Gasteiger partial charge is 0.497 e. The van der Waals surface area contributed by atoms with Crippen molar-refractivity contribution in [3.8, 4) is 5.75 Å². The number of carbonyl (C=O) groups is 2. The first kappa shape index (κ1) is 21.7. The molecule has 5 nitrogen and oxygen atoms in total. The van der Waals surface area contributed by atoms with E-state index in [1.807, 2.05) is 39.0 Å². The van der Waals surface area contributed by atoms with Gasteiger partial charge in [-0.25, -0.2) is 4.90 Å². The molecule has 1 aliphatic heterocycles. The Bertz CT molecular complexity index is 1260. The number of nitrogens with zero attached hydrogens (tertiary/aromatic N) is 1. The minimum atomic E-state index is -0.411. The number of amides is 2. The Hall–Kier alpha value is -3.57. The van der Waals surface area contributed by atoms with Gasteiger partial charge in [0, 0.05) is 10.7 Å². The van der Waals surface area contributed by atoms with Crippen molar-refractivity contribution in [1.29, 1.82) is 0 Å². The predicted molar refractivity (Wildman–Crippen MR) is 128 cm³/mol. The van der Waals surface area contributed by atoms with Gasteiger partial charge in [0.1, 0.15) is 11.4 Å². The third-order valence-corrected chi connectivity index (χ3v) is 5.74. The quantitative estimate of drug-likeness (QED) is 0.513. The van der Waals surface area contributed by atoms with Gasteiger partial charge in [-0.2, -0.15) is 0 Å². The number of anilines is 2. The Morgan fingerprint density at radius 2 is 1.56 bits per heavy atom. The summed E-state index contributed by atoms with van der Waals surface area (Å²) in [5, 5.41) is 3.78. The molecule has 32 heavy (non-hydrogen) atoms. The number of benzene rings is 3. The highest BCUT2D eigenvalue weighted by atomic mass is 35.5. The van der Waals surface area contributed by atoms with Crippen LogP contribution in [0.5, 0.6) is 5.75 Å². The van der Waals surface area contributed by atoms with Crippen LogP contribution in [0.1, 0.15) is 22.3 Å². The first-order chi connectivity index (χ1) is 15.3. The molecule has 0 fully saturated rings. The van der Waals surface area contributed by atoms with Crippen molar-refractivity contribution in [2.45, 2.75) is 20.8 Å². The van der Waals surface area contributed by atoms with Crippen LogP contribution in [0.25, 0.3) is 5.57 Å². The summed E-state index contributed by atoms with van der Waals surface area (Å²) >= 11 is 6.09. The molecular formula is C26H23ClN2O3. The molecule has 0 atom stereocenters. The van der Waals surface area contributed by atoms with E-state index in [9.17, 15) is 9.59 Å². The maximum absolute atomic E-state index is 13.6. The molecule has 1 heterocycles. The van der Waals surface area contributed by atoms with E-state index in [1.54, 1.807) is 49.6 Å². The van der Waals surface area contributed by atoms with Gasteiger partial charge >= 0.3 is 0 Å². The van der Waals surface area contributed by atoms with Crippen LogP contribution in [-0.4, -0.2) is 18.9 Å². The lowest BCUT2D eigenvalue weighted by atomic mass is 10.0. The van der Waals surface area contributed by atoms with Gasteiger partial charge < -0.3 is 10.1 Å². The standard InChI is InChI=1S/C26H23ClN2O3/c1-15-5-11-21(16(2)13-15)28-24-23(18-6-9-20(32-4)10-7-18)25(30)29(26(24)31)22-12-8-19(27)14-17(22)3/h5-14,28H,1-4H3. The molecule has 0 unspecified atom stereocenters. The van der Waals surface area contributed by atoms with Gasteiger partial charge in [0.2, 0.25) is 0 Å². The smallest absolute Gasteiger partial charge is 0.282 e. The normalized spacial score (nSPS) is 13.7. The van der Waals surface area contributed by atoms with E-state index in [1.165, 1.54) is 4.90 Å². The summed E-state index contributed by atoms with van der Waals surface area (Å²) in [6.07, 6.45) is 0. The number of hydrogen-bond acceptors (Lipinski definition) is 4. The summed E-state index contributed by atoms with van der Waals surface area (Å²) in [7, 11) is 1.58. The second-order valence-corrected chi connectivity index (χ2v) is 8.23. The number of rotatable bonds is 5. The van der Waals surface area contributed by atoms with Crippen LogP contribution in [0.2, 0.25) is 5.02 Å². The minimum Gasteiger partial charge on any atom is -0.497 e. The van der Waals surface area contributed by atoms with Gasteiger partial charge in [-0.3, -0.25) is 9.59 Å². The summed E-state index contributed by atoms with van der Waals surface area (Å²) in [5.74, 6) is -0.135. The number of carbonyl (C=O) groups excluding carboxylic acids is 2. The summed E-state index contributed by atoms with van der Waals surface area (Å²) in [5.41, 5.74) is 5.29. The molecule has 1 aliphatic rings. The molecule has 0 aliphatic carbocycles. The SMILES string of the molecule is COc1ccc(C2=C(Nc3ccc(C)cc3C)C(=O)N(c3ccc(Cl)cc3C)C2=O)cc1. The number of nitrogens with one attached hydrogen (secondary N) is 1. The maximum Gasteiger partial charge on any atom is 0.282 e. The summed E-state index contributed by atoms with van der Waals surface area (Å²) < 4.78 is 5.24. The molecule has 2 amide bonds.